The van der Waals surface area contributed by atoms with E-state index in [1.54, 1.807) is 5.56 Å². The van der Waals surface area contributed by atoms with E-state index in [1.807, 2.05) is 0 Å². The van der Waals surface area contributed by atoms with E-state index in [0.29, 0.717) is 5.54 Å². The number of hydrogen-bond donors (Lipinski definition) is 0. The van der Waals surface area contributed by atoms with Crippen molar-refractivity contribution in [1.82, 2.24) is 0 Å². The largest absolute Gasteiger partial charge is 0.368 e. The molecule has 0 aromatic heterocycles. The molecule has 1 aliphatic carbocycles. The first-order chi connectivity index (χ1) is 9.20. The van der Waals surface area contributed by atoms with Crippen LogP contribution in [0.1, 0.15) is 44.1 Å². The number of benzene rings is 2. The fraction of sp³-hybridized carbons (Fsp3) is 0.444. The third-order valence-electron chi connectivity index (χ3n) is 5.57. The van der Waals surface area contributed by atoms with Gasteiger partial charge in [0, 0.05) is 24.2 Å². The van der Waals surface area contributed by atoms with Crippen molar-refractivity contribution in [3.05, 3.63) is 42.0 Å². The molecule has 2 unspecified atom stereocenters. The molecule has 2 aromatic carbocycles. The van der Waals surface area contributed by atoms with Crippen LogP contribution in [0.2, 0.25) is 0 Å². The van der Waals surface area contributed by atoms with E-state index < -0.39 is 0 Å². The van der Waals surface area contributed by atoms with Crippen LogP contribution in [0, 0.1) is 0 Å². The van der Waals surface area contributed by atoms with Crippen molar-refractivity contribution in [2.75, 3.05) is 11.9 Å². The molecule has 19 heavy (non-hydrogen) atoms. The van der Waals surface area contributed by atoms with Crippen LogP contribution in [0.5, 0.6) is 0 Å². The zero-order chi connectivity index (χ0) is 13.0. The molecule has 0 spiro atoms. The molecular weight excluding hydrogens is 230 g/mol. The minimum atomic E-state index is 0.345. The van der Waals surface area contributed by atoms with E-state index in [1.165, 1.54) is 42.1 Å². The first-order valence-corrected chi connectivity index (χ1v) is 7.47. The zero-order valence-electron chi connectivity index (χ0n) is 11.8. The molecule has 1 nitrogen and oxygen atoms in total. The minimum absolute atomic E-state index is 0.345. The second-order valence-corrected chi connectivity index (χ2v) is 6.47. The Bertz CT molecular complexity index is 645. The lowest BCUT2D eigenvalue weighted by Gasteiger charge is -2.42. The second-order valence-electron chi connectivity index (χ2n) is 6.47. The lowest BCUT2D eigenvalue weighted by atomic mass is 9.73. The summed E-state index contributed by atoms with van der Waals surface area (Å²) in [6.45, 7) is 2.46. The fourth-order valence-electron chi connectivity index (χ4n) is 4.30. The standard InChI is InChI=1S/C18H21N/c1-18-10-6-5-9-16(18)15-11-13-7-3-4-8-14(13)12-17(15)19(18)2/h3-4,7-8,11-12,16H,5-6,9-10H2,1-2H3. The van der Waals surface area contributed by atoms with Crippen molar-refractivity contribution in [1.29, 1.82) is 0 Å². The molecule has 0 radical (unpaired) electrons. The first kappa shape index (κ1) is 11.3. The summed E-state index contributed by atoms with van der Waals surface area (Å²) in [6, 6.07) is 13.6. The fourth-order valence-corrected chi connectivity index (χ4v) is 4.30. The number of nitrogens with zero attached hydrogens (tertiary/aromatic N) is 1. The van der Waals surface area contributed by atoms with Crippen molar-refractivity contribution in [2.24, 2.45) is 0 Å². The van der Waals surface area contributed by atoms with Crippen LogP contribution < -0.4 is 4.90 Å². The normalized spacial score (nSPS) is 29.4. The third-order valence-corrected chi connectivity index (χ3v) is 5.57. The molecule has 1 heterocycles. The SMILES string of the molecule is CN1c2cc3ccccc3cc2C2CCCCC21C. The van der Waals surface area contributed by atoms with Crippen molar-refractivity contribution in [2.45, 2.75) is 44.1 Å². The summed E-state index contributed by atoms with van der Waals surface area (Å²) in [5.74, 6) is 0.728. The van der Waals surface area contributed by atoms with Crippen molar-refractivity contribution in [3.8, 4) is 0 Å². The summed E-state index contributed by atoms with van der Waals surface area (Å²) in [7, 11) is 2.29. The predicted molar refractivity (Wildman–Crippen MR) is 82.0 cm³/mol. The Morgan fingerprint density at radius 1 is 1.11 bits per heavy atom. The van der Waals surface area contributed by atoms with Crippen LogP contribution in [-0.4, -0.2) is 12.6 Å². The Balaban J connectivity index is 1.96. The lowest BCUT2D eigenvalue weighted by Crippen LogP contribution is -2.45. The minimum Gasteiger partial charge on any atom is -0.368 e. The molecule has 98 valence electrons. The van der Waals surface area contributed by atoms with Crippen molar-refractivity contribution >= 4 is 16.5 Å². The van der Waals surface area contributed by atoms with E-state index in [2.05, 4.69) is 55.3 Å². The third kappa shape index (κ3) is 1.42. The number of hydrogen-bond acceptors (Lipinski definition) is 1. The summed E-state index contributed by atoms with van der Waals surface area (Å²) in [5, 5.41) is 2.76. The van der Waals surface area contributed by atoms with E-state index in [4.69, 9.17) is 0 Å². The Morgan fingerprint density at radius 3 is 2.63 bits per heavy atom. The van der Waals surface area contributed by atoms with Gasteiger partial charge in [-0.3, -0.25) is 0 Å². The highest BCUT2D eigenvalue weighted by atomic mass is 15.2. The number of anilines is 1. The molecule has 0 N–H and O–H groups in total. The van der Waals surface area contributed by atoms with Crippen LogP contribution in [-0.2, 0) is 0 Å². The molecular formula is C18H21N. The van der Waals surface area contributed by atoms with E-state index in [9.17, 15) is 0 Å². The van der Waals surface area contributed by atoms with Gasteiger partial charge in [-0.25, -0.2) is 0 Å². The van der Waals surface area contributed by atoms with E-state index in [0.717, 1.165) is 5.92 Å². The van der Waals surface area contributed by atoms with Gasteiger partial charge in [-0.1, -0.05) is 37.1 Å². The smallest absolute Gasteiger partial charge is 0.0440 e. The van der Waals surface area contributed by atoms with Gasteiger partial charge in [0.2, 0.25) is 0 Å². The highest BCUT2D eigenvalue weighted by Gasteiger charge is 2.47. The van der Waals surface area contributed by atoms with Crippen LogP contribution in [0.25, 0.3) is 10.8 Å². The molecule has 2 atom stereocenters. The van der Waals surface area contributed by atoms with Gasteiger partial charge >= 0.3 is 0 Å². The number of fused-ring (bicyclic) bond motifs is 4. The summed E-state index contributed by atoms with van der Waals surface area (Å²) < 4.78 is 0. The first-order valence-electron chi connectivity index (χ1n) is 7.47. The van der Waals surface area contributed by atoms with Gasteiger partial charge < -0.3 is 4.90 Å². The van der Waals surface area contributed by atoms with E-state index in [-0.39, 0.29) is 0 Å². The van der Waals surface area contributed by atoms with Gasteiger partial charge in [-0.2, -0.15) is 0 Å². The molecule has 1 aliphatic heterocycles. The Hall–Kier alpha value is -1.50. The maximum Gasteiger partial charge on any atom is 0.0440 e. The highest BCUT2D eigenvalue weighted by Crippen LogP contribution is 2.54. The van der Waals surface area contributed by atoms with E-state index >= 15 is 0 Å². The number of likely N-dealkylation sites (N-methyl/N-ethyl adjacent to an activating group) is 1. The molecule has 1 fully saturated rings. The molecule has 1 heteroatoms. The van der Waals surface area contributed by atoms with Crippen LogP contribution in [0.3, 0.4) is 0 Å². The molecule has 0 saturated heterocycles. The Kier molecular flexibility index (Phi) is 2.24. The van der Waals surface area contributed by atoms with Crippen LogP contribution in [0.4, 0.5) is 5.69 Å². The summed E-state index contributed by atoms with van der Waals surface area (Å²) in [5.41, 5.74) is 3.40. The molecule has 1 saturated carbocycles. The van der Waals surface area contributed by atoms with Gasteiger partial charge in [-0.05, 0) is 48.2 Å². The van der Waals surface area contributed by atoms with Crippen molar-refractivity contribution < 1.29 is 0 Å². The Labute approximate surface area is 115 Å². The quantitative estimate of drug-likeness (QED) is 0.655. The maximum absolute atomic E-state index is 2.55. The summed E-state index contributed by atoms with van der Waals surface area (Å²) >= 11 is 0. The van der Waals surface area contributed by atoms with Gasteiger partial charge in [0.15, 0.2) is 0 Å². The molecule has 0 amide bonds. The summed E-state index contributed by atoms with van der Waals surface area (Å²) in [4.78, 5) is 2.55. The summed E-state index contributed by atoms with van der Waals surface area (Å²) in [6.07, 6.45) is 5.45. The lowest BCUT2D eigenvalue weighted by molar-refractivity contribution is 0.283. The maximum atomic E-state index is 2.55. The molecule has 2 aliphatic rings. The zero-order valence-corrected chi connectivity index (χ0v) is 11.8. The molecule has 0 bridgehead atoms. The average Bonchev–Trinajstić information content (AvgIpc) is 2.66. The molecule has 2 aromatic rings. The van der Waals surface area contributed by atoms with Crippen LogP contribution >= 0.6 is 0 Å². The van der Waals surface area contributed by atoms with Crippen molar-refractivity contribution in [3.63, 3.8) is 0 Å². The number of rotatable bonds is 0. The highest BCUT2D eigenvalue weighted by molar-refractivity contribution is 5.89. The van der Waals surface area contributed by atoms with Gasteiger partial charge in [0.1, 0.15) is 0 Å². The van der Waals surface area contributed by atoms with Crippen LogP contribution in [0.15, 0.2) is 36.4 Å². The second kappa shape index (κ2) is 3.75. The monoisotopic (exact) mass is 251 g/mol. The predicted octanol–water partition coefficient (Wildman–Crippen LogP) is 4.71. The average molecular weight is 251 g/mol. The van der Waals surface area contributed by atoms with Gasteiger partial charge in [0.25, 0.3) is 0 Å². The Morgan fingerprint density at radius 2 is 1.84 bits per heavy atom. The van der Waals surface area contributed by atoms with Gasteiger partial charge in [-0.15, -0.1) is 0 Å². The topological polar surface area (TPSA) is 3.24 Å². The van der Waals surface area contributed by atoms with Gasteiger partial charge in [0.05, 0.1) is 0 Å². The molecule has 4 rings (SSSR count).